The van der Waals surface area contributed by atoms with E-state index in [4.69, 9.17) is 9.26 Å². The van der Waals surface area contributed by atoms with E-state index in [-0.39, 0.29) is 29.8 Å². The predicted octanol–water partition coefficient (Wildman–Crippen LogP) is 1.37. The van der Waals surface area contributed by atoms with Gasteiger partial charge in [-0.2, -0.15) is 4.98 Å². The smallest absolute Gasteiger partial charge is 0.248 e. The Balaban J connectivity index is 1.36. The molecule has 4 rings (SSSR count). The summed E-state index contributed by atoms with van der Waals surface area (Å²) in [6.45, 7) is 6.07. The van der Waals surface area contributed by atoms with Crippen LogP contribution in [0.3, 0.4) is 0 Å². The average molecular weight is 384 g/mol. The molecule has 28 heavy (non-hydrogen) atoms. The molecule has 0 N–H and O–H groups in total. The van der Waals surface area contributed by atoms with Gasteiger partial charge in [0.05, 0.1) is 12.5 Å². The van der Waals surface area contributed by atoms with E-state index >= 15 is 0 Å². The third-order valence-corrected chi connectivity index (χ3v) is 5.64. The summed E-state index contributed by atoms with van der Waals surface area (Å²) < 4.78 is 11.0. The number of aryl methyl sites for hydroxylation is 1. The van der Waals surface area contributed by atoms with Crippen LogP contribution in [0.5, 0.6) is 0 Å². The minimum Gasteiger partial charge on any atom is -0.367 e. The number of aromatic nitrogens is 2. The summed E-state index contributed by atoms with van der Waals surface area (Å²) in [7, 11) is 0. The van der Waals surface area contributed by atoms with Crippen LogP contribution in [0.2, 0.25) is 0 Å². The molecule has 148 valence electrons. The first-order chi connectivity index (χ1) is 13.5. The Bertz CT molecular complexity index is 860. The van der Waals surface area contributed by atoms with Gasteiger partial charge in [-0.05, 0) is 12.5 Å². The van der Waals surface area contributed by atoms with Crippen LogP contribution in [0, 0.1) is 12.3 Å². The molecule has 0 bridgehead atoms. The second-order valence-electron chi connectivity index (χ2n) is 7.72. The zero-order valence-corrected chi connectivity index (χ0v) is 16.1. The van der Waals surface area contributed by atoms with Gasteiger partial charge in [-0.15, -0.1) is 0 Å². The molecule has 3 heterocycles. The fourth-order valence-corrected chi connectivity index (χ4v) is 4.14. The maximum atomic E-state index is 12.5. The van der Waals surface area contributed by atoms with Gasteiger partial charge >= 0.3 is 0 Å². The number of likely N-dealkylation sites (tertiary alicyclic amines) is 2. The zero-order chi connectivity index (χ0) is 19.7. The number of nitrogens with zero attached hydrogens (tertiary/aromatic N) is 4. The zero-order valence-electron chi connectivity index (χ0n) is 16.1. The van der Waals surface area contributed by atoms with Crippen molar-refractivity contribution in [1.29, 1.82) is 0 Å². The van der Waals surface area contributed by atoms with Gasteiger partial charge in [0, 0.05) is 38.5 Å². The third kappa shape index (κ3) is 3.52. The first kappa shape index (κ1) is 18.6. The second kappa shape index (κ2) is 7.35. The van der Waals surface area contributed by atoms with E-state index < -0.39 is 0 Å². The second-order valence-corrected chi connectivity index (χ2v) is 7.72. The van der Waals surface area contributed by atoms with E-state index in [0.717, 1.165) is 5.56 Å². The summed E-state index contributed by atoms with van der Waals surface area (Å²) in [4.78, 5) is 32.4. The number of carbonyl (C=O) groups is 2. The molecule has 2 fully saturated rings. The molecule has 2 aliphatic heterocycles. The Morgan fingerprint density at radius 2 is 1.93 bits per heavy atom. The Morgan fingerprint density at radius 3 is 2.57 bits per heavy atom. The molecule has 1 aromatic heterocycles. The lowest BCUT2D eigenvalue weighted by Gasteiger charge is -2.49. The van der Waals surface area contributed by atoms with Crippen molar-refractivity contribution >= 4 is 11.8 Å². The summed E-state index contributed by atoms with van der Waals surface area (Å²) in [6.07, 6.45) is 0. The molecular formula is C20H24N4O4. The molecule has 2 aliphatic rings. The molecule has 1 atom stereocenters. The lowest BCUT2D eigenvalue weighted by Crippen LogP contribution is -2.62. The van der Waals surface area contributed by atoms with E-state index in [9.17, 15) is 9.59 Å². The highest BCUT2D eigenvalue weighted by atomic mass is 16.5. The highest BCUT2D eigenvalue weighted by molar-refractivity contribution is 5.79. The summed E-state index contributed by atoms with van der Waals surface area (Å²) in [5.41, 5.74) is 0.815. The number of hydrogen-bond donors (Lipinski definition) is 0. The average Bonchev–Trinajstić information content (AvgIpc) is 3.25. The van der Waals surface area contributed by atoms with Crippen LogP contribution in [-0.4, -0.2) is 64.5 Å². The fraction of sp³-hybridized carbons (Fsp3) is 0.500. The van der Waals surface area contributed by atoms with Crippen molar-refractivity contribution < 1.29 is 18.8 Å². The largest absolute Gasteiger partial charge is 0.367 e. The van der Waals surface area contributed by atoms with Crippen molar-refractivity contribution in [2.75, 3.05) is 32.8 Å². The Morgan fingerprint density at radius 1 is 1.21 bits per heavy atom. The van der Waals surface area contributed by atoms with Gasteiger partial charge in [-0.3, -0.25) is 9.59 Å². The summed E-state index contributed by atoms with van der Waals surface area (Å²) in [6, 6.07) is 9.77. The van der Waals surface area contributed by atoms with Crippen molar-refractivity contribution in [2.24, 2.45) is 5.41 Å². The molecular weight excluding hydrogens is 360 g/mol. The quantitative estimate of drug-likeness (QED) is 0.774. The number of rotatable bonds is 5. The van der Waals surface area contributed by atoms with Gasteiger partial charge < -0.3 is 19.1 Å². The standard InChI is InChI=1S/C20H24N4O4/c1-14-21-19(28-22-14)17-8-23(15(2)25)11-20(17)12-24(13-20)18(26)10-27-9-16-6-4-3-5-7-16/h3-7,17H,8-13H2,1-2H3. The van der Waals surface area contributed by atoms with Crippen molar-refractivity contribution in [2.45, 2.75) is 26.4 Å². The monoisotopic (exact) mass is 384 g/mol. The van der Waals surface area contributed by atoms with Crippen molar-refractivity contribution in [3.63, 3.8) is 0 Å². The SMILES string of the molecule is CC(=O)N1CC(c2nc(C)no2)C2(C1)CN(C(=O)COCc1ccccc1)C2. The minimum atomic E-state index is -0.222. The van der Waals surface area contributed by atoms with Gasteiger partial charge in [0.1, 0.15) is 6.61 Å². The van der Waals surface area contributed by atoms with E-state index in [1.165, 1.54) is 0 Å². The maximum Gasteiger partial charge on any atom is 0.248 e. The fourth-order valence-electron chi connectivity index (χ4n) is 4.14. The molecule has 1 unspecified atom stereocenters. The van der Waals surface area contributed by atoms with Gasteiger partial charge in [-0.1, -0.05) is 35.5 Å². The van der Waals surface area contributed by atoms with Crippen molar-refractivity contribution in [3.8, 4) is 0 Å². The summed E-state index contributed by atoms with van der Waals surface area (Å²) in [5.74, 6) is 1.06. The molecule has 2 saturated heterocycles. The lowest BCUT2D eigenvalue weighted by molar-refractivity contribution is -0.149. The topological polar surface area (TPSA) is 88.8 Å². The molecule has 0 saturated carbocycles. The molecule has 1 spiro atoms. The van der Waals surface area contributed by atoms with E-state index in [0.29, 0.717) is 44.5 Å². The van der Waals surface area contributed by atoms with E-state index in [1.54, 1.807) is 23.6 Å². The van der Waals surface area contributed by atoms with Crippen LogP contribution < -0.4 is 0 Å². The van der Waals surface area contributed by atoms with Crippen molar-refractivity contribution in [3.05, 3.63) is 47.6 Å². The molecule has 2 amide bonds. The minimum absolute atomic E-state index is 0.0223. The van der Waals surface area contributed by atoms with Crippen LogP contribution in [0.25, 0.3) is 0 Å². The van der Waals surface area contributed by atoms with Gasteiger partial charge in [0.2, 0.25) is 17.7 Å². The first-order valence-corrected chi connectivity index (χ1v) is 9.42. The van der Waals surface area contributed by atoms with E-state index in [1.807, 2.05) is 30.3 Å². The molecule has 1 aromatic carbocycles. The third-order valence-electron chi connectivity index (χ3n) is 5.64. The van der Waals surface area contributed by atoms with Crippen LogP contribution in [0.15, 0.2) is 34.9 Å². The molecule has 8 heteroatoms. The number of carbonyl (C=O) groups excluding carboxylic acids is 2. The van der Waals surface area contributed by atoms with Crippen LogP contribution in [0.4, 0.5) is 0 Å². The Kier molecular flexibility index (Phi) is 4.89. The predicted molar refractivity (Wildman–Crippen MR) is 99.1 cm³/mol. The molecule has 0 radical (unpaired) electrons. The summed E-state index contributed by atoms with van der Waals surface area (Å²) in [5, 5.41) is 3.89. The van der Waals surface area contributed by atoms with Crippen LogP contribution >= 0.6 is 0 Å². The van der Waals surface area contributed by atoms with Crippen LogP contribution in [-0.2, 0) is 20.9 Å². The highest BCUT2D eigenvalue weighted by Gasteiger charge is 2.58. The normalized spacial score (nSPS) is 20.4. The highest BCUT2D eigenvalue weighted by Crippen LogP contribution is 2.48. The molecule has 0 aliphatic carbocycles. The number of benzene rings is 1. The Hall–Kier alpha value is -2.74. The number of amides is 2. The van der Waals surface area contributed by atoms with E-state index in [2.05, 4.69) is 10.1 Å². The number of hydrogen-bond acceptors (Lipinski definition) is 6. The summed E-state index contributed by atoms with van der Waals surface area (Å²) >= 11 is 0. The van der Waals surface area contributed by atoms with Crippen molar-refractivity contribution in [1.82, 2.24) is 19.9 Å². The maximum absolute atomic E-state index is 12.5. The van der Waals surface area contributed by atoms with Gasteiger partial charge in [0.15, 0.2) is 5.82 Å². The van der Waals surface area contributed by atoms with Crippen LogP contribution in [0.1, 0.15) is 30.1 Å². The molecule has 2 aromatic rings. The lowest BCUT2D eigenvalue weighted by atomic mass is 9.71. The number of ether oxygens (including phenoxy) is 1. The van der Waals surface area contributed by atoms with Gasteiger partial charge in [-0.25, -0.2) is 0 Å². The molecule has 8 nitrogen and oxygen atoms in total. The van der Waals surface area contributed by atoms with Gasteiger partial charge in [0.25, 0.3) is 0 Å². The first-order valence-electron chi connectivity index (χ1n) is 9.42. The Labute approximate surface area is 163 Å².